The van der Waals surface area contributed by atoms with E-state index in [1.54, 1.807) is 30.2 Å². The Morgan fingerprint density at radius 1 is 1.06 bits per heavy atom. The van der Waals surface area contributed by atoms with E-state index in [9.17, 15) is 18.7 Å². The second-order valence-electron chi connectivity index (χ2n) is 10.2. The van der Waals surface area contributed by atoms with Gasteiger partial charge in [0.1, 0.15) is 28.0 Å². The third-order valence-corrected chi connectivity index (χ3v) is 8.65. The molecule has 10 heteroatoms. The summed E-state index contributed by atoms with van der Waals surface area (Å²) in [4.78, 5) is 15.9. The van der Waals surface area contributed by atoms with Gasteiger partial charge in [0.05, 0.1) is 22.2 Å². The minimum atomic E-state index is -0.649. The molecule has 4 N–H and O–H groups in total. The number of phenolic OH excluding ortho intramolecular Hbond substituents is 1. The fraction of sp³-hybridized carbons (Fsp3) is 0.324. The Hall–Kier alpha value is -3.94. The van der Waals surface area contributed by atoms with Crippen LogP contribution in [0.5, 0.6) is 11.5 Å². The molecule has 1 heterocycles. The van der Waals surface area contributed by atoms with Crippen molar-refractivity contribution in [3.8, 4) is 35.5 Å². The predicted molar refractivity (Wildman–Crippen MR) is 194 cm³/mol. The monoisotopic (exact) mass is 685 g/mol. The fourth-order valence-electron chi connectivity index (χ4n) is 5.04. The lowest BCUT2D eigenvalue weighted by Crippen LogP contribution is -2.40. The summed E-state index contributed by atoms with van der Waals surface area (Å²) < 4.78 is 34.7. The molecule has 0 bridgehead atoms. The van der Waals surface area contributed by atoms with Crippen LogP contribution >= 0.6 is 22.9 Å². The summed E-state index contributed by atoms with van der Waals surface area (Å²) in [5.74, 6) is -0.775. The molecule has 0 aliphatic heterocycles. The Labute approximate surface area is 287 Å². The summed E-state index contributed by atoms with van der Waals surface area (Å²) in [6, 6.07) is 14.7. The van der Waals surface area contributed by atoms with E-state index in [-0.39, 0.29) is 44.2 Å². The second kappa shape index (κ2) is 21.8. The number of benzene rings is 3. The number of carbonyl (C=O) groups excluding carboxylic acids is 1. The average molecular weight is 686 g/mol. The lowest BCUT2D eigenvalue weighted by atomic mass is 9.93. The molecule has 0 unspecified atom stereocenters. The maximum atomic E-state index is 14.5. The number of rotatable bonds is 6. The number of hydrogen-bond acceptors (Lipinski definition) is 6. The number of nitrogens with two attached hydrogens (primary N) is 1. The number of terminal acetylenes is 1. The van der Waals surface area contributed by atoms with Crippen molar-refractivity contribution in [2.45, 2.75) is 51.6 Å². The van der Waals surface area contributed by atoms with Crippen LogP contribution in [0.2, 0.25) is 5.02 Å². The number of thiophene rings is 1. The topological polar surface area (TPSA) is 87.8 Å². The van der Waals surface area contributed by atoms with Crippen LogP contribution in [-0.2, 0) is 6.54 Å². The molecule has 47 heavy (non-hydrogen) atoms. The highest BCUT2D eigenvalue weighted by molar-refractivity contribution is 7.21. The summed E-state index contributed by atoms with van der Waals surface area (Å²) >= 11 is 7.40. The van der Waals surface area contributed by atoms with Crippen LogP contribution in [0.4, 0.5) is 8.78 Å². The number of nitrogens with zero attached hydrogens (tertiary/aromatic N) is 1. The lowest BCUT2D eigenvalue weighted by Gasteiger charge is -2.34. The van der Waals surface area contributed by atoms with Gasteiger partial charge in [0.2, 0.25) is 0 Å². The zero-order valence-electron chi connectivity index (χ0n) is 27.8. The number of allylic oxidation sites excluding steroid dienone is 1. The molecule has 1 aliphatic carbocycles. The van der Waals surface area contributed by atoms with Crippen molar-refractivity contribution in [3.05, 3.63) is 94.3 Å². The Morgan fingerprint density at radius 3 is 2.13 bits per heavy atom. The first-order valence-electron chi connectivity index (χ1n) is 15.1. The van der Waals surface area contributed by atoms with Crippen molar-refractivity contribution in [1.82, 2.24) is 10.2 Å². The smallest absolute Gasteiger partial charge is 0.266 e. The molecule has 1 saturated carbocycles. The van der Waals surface area contributed by atoms with E-state index >= 15 is 0 Å². The number of halogens is 3. The zero-order chi connectivity index (χ0) is 35.5. The molecule has 1 aromatic heterocycles. The summed E-state index contributed by atoms with van der Waals surface area (Å²) in [6.07, 6.45) is 14.6. The van der Waals surface area contributed by atoms with E-state index < -0.39 is 11.6 Å². The molecule has 1 amide bonds. The Kier molecular flexibility index (Phi) is 19.0. The van der Waals surface area contributed by atoms with Gasteiger partial charge in [0, 0.05) is 18.2 Å². The summed E-state index contributed by atoms with van der Waals surface area (Å²) in [6.45, 7) is 5.51. The average Bonchev–Trinajstić information content (AvgIpc) is 3.46. The molecule has 0 saturated heterocycles. The van der Waals surface area contributed by atoms with Gasteiger partial charge < -0.3 is 25.8 Å². The number of ether oxygens (including phenoxy) is 1. The predicted octanol–water partition coefficient (Wildman–Crippen LogP) is 9.04. The van der Waals surface area contributed by atoms with Crippen molar-refractivity contribution in [3.63, 3.8) is 0 Å². The van der Waals surface area contributed by atoms with Crippen LogP contribution in [0.3, 0.4) is 0 Å². The van der Waals surface area contributed by atoms with Gasteiger partial charge in [-0.15, -0.1) is 30.8 Å². The minimum Gasteiger partial charge on any atom is -0.508 e. The Morgan fingerprint density at radius 2 is 1.60 bits per heavy atom. The molecule has 0 radical (unpaired) electrons. The number of carbonyl (C=O) groups is 1. The molecular formula is C37H46ClF2N3O3S. The number of nitrogens with one attached hydrogen (secondary N) is 1. The van der Waals surface area contributed by atoms with Crippen LogP contribution in [0.25, 0.3) is 21.2 Å². The van der Waals surface area contributed by atoms with Crippen molar-refractivity contribution >= 4 is 38.9 Å². The number of fused-ring (bicyclic) bond motifs is 1. The van der Waals surface area contributed by atoms with E-state index in [4.69, 9.17) is 16.3 Å². The Balaban J connectivity index is 0.000000995. The van der Waals surface area contributed by atoms with Crippen LogP contribution in [0, 0.1) is 24.5 Å². The number of amides is 1. The summed E-state index contributed by atoms with van der Waals surface area (Å²) in [7, 11) is 6.83. The van der Waals surface area contributed by atoms with Crippen LogP contribution in [0.15, 0.2) is 67.3 Å². The van der Waals surface area contributed by atoms with Crippen molar-refractivity contribution in [2.24, 2.45) is 5.73 Å². The molecule has 5 rings (SSSR count). The van der Waals surface area contributed by atoms with Gasteiger partial charge in [0.15, 0.2) is 0 Å². The van der Waals surface area contributed by atoms with Crippen LogP contribution < -0.4 is 15.8 Å². The third kappa shape index (κ3) is 11.1. The number of hydrogen-bond donors (Lipinski definition) is 3. The van der Waals surface area contributed by atoms with Crippen LogP contribution in [-0.4, -0.2) is 50.2 Å². The van der Waals surface area contributed by atoms with E-state index in [0.29, 0.717) is 5.75 Å². The van der Waals surface area contributed by atoms with Gasteiger partial charge in [-0.2, -0.15) is 0 Å². The molecule has 0 spiro atoms. The quantitative estimate of drug-likeness (QED) is 0.139. The standard InChI is InChI=1S/C29H26ClF2NO3S.C3H6.C2H7N.C2H2.CH5N/c1-36-24-14-9-18(17-7-10-21(34)11-8-17)15-19(24)16-33(20-5-3-2-4-6-20)29(35)28-26(30)25-22(31)12-13-23(32)27(25)37-28;2*1-3-2;2*1-2/h7-15,20,34H,2-6,16H2,1H3;3H,1H2,2H3;3H,1-2H3;1-2H;2H2,1H3. The van der Waals surface area contributed by atoms with Gasteiger partial charge in [-0.05, 0) is 88.4 Å². The molecule has 0 atom stereocenters. The highest BCUT2D eigenvalue weighted by atomic mass is 35.5. The second-order valence-corrected chi connectivity index (χ2v) is 11.6. The normalized spacial score (nSPS) is 12.0. The van der Waals surface area contributed by atoms with Gasteiger partial charge in [-0.25, -0.2) is 8.78 Å². The van der Waals surface area contributed by atoms with Gasteiger partial charge in [-0.1, -0.05) is 55.1 Å². The van der Waals surface area contributed by atoms with E-state index in [2.05, 4.69) is 30.5 Å². The first-order chi connectivity index (χ1) is 22.7. The molecular weight excluding hydrogens is 640 g/mol. The van der Waals surface area contributed by atoms with Crippen molar-refractivity contribution < 1.29 is 23.4 Å². The van der Waals surface area contributed by atoms with Gasteiger partial charge in [0.25, 0.3) is 5.91 Å². The minimum absolute atomic E-state index is 0.0285. The van der Waals surface area contributed by atoms with Gasteiger partial charge >= 0.3 is 0 Å². The fourth-order valence-corrected chi connectivity index (χ4v) is 6.55. The number of phenols is 1. The van der Waals surface area contributed by atoms with Crippen molar-refractivity contribution in [2.75, 3.05) is 28.3 Å². The van der Waals surface area contributed by atoms with Crippen molar-refractivity contribution in [1.29, 1.82) is 0 Å². The number of aromatic hydroxyl groups is 1. The van der Waals surface area contributed by atoms with E-state index in [0.717, 1.165) is 72.3 Å². The molecule has 254 valence electrons. The highest BCUT2D eigenvalue weighted by Crippen LogP contribution is 2.40. The first-order valence-corrected chi connectivity index (χ1v) is 16.3. The maximum absolute atomic E-state index is 14.5. The molecule has 1 aliphatic rings. The largest absolute Gasteiger partial charge is 0.508 e. The molecule has 6 nitrogen and oxygen atoms in total. The SMILES string of the molecule is C#C.C=CC.CN.CNC.COc1ccc(-c2ccc(O)cc2)cc1CN(C(=O)c1sc2c(F)ccc(F)c2c1Cl)C1CCCCC1. The van der Waals surface area contributed by atoms with Gasteiger partial charge in [-0.3, -0.25) is 4.79 Å². The third-order valence-electron chi connectivity index (χ3n) is 6.97. The molecule has 4 aromatic rings. The summed E-state index contributed by atoms with van der Waals surface area (Å²) in [5, 5.41) is 12.3. The Bertz CT molecular complexity index is 1570. The van der Waals surface area contributed by atoms with E-state index in [1.165, 1.54) is 7.05 Å². The highest BCUT2D eigenvalue weighted by Gasteiger charge is 2.31. The first kappa shape index (κ1) is 41.1. The summed E-state index contributed by atoms with van der Waals surface area (Å²) in [5.41, 5.74) is 7.13. The number of methoxy groups -OCH3 is 1. The zero-order valence-corrected chi connectivity index (χ0v) is 29.4. The van der Waals surface area contributed by atoms with E-state index in [1.807, 2.05) is 51.4 Å². The lowest BCUT2D eigenvalue weighted by molar-refractivity contribution is 0.0618. The molecule has 3 aromatic carbocycles. The maximum Gasteiger partial charge on any atom is 0.266 e. The van der Waals surface area contributed by atoms with Crippen LogP contribution in [0.1, 0.15) is 54.3 Å². The molecule has 1 fully saturated rings.